The predicted molar refractivity (Wildman–Crippen MR) is 46.4 cm³/mol. The van der Waals surface area contributed by atoms with E-state index >= 15 is 0 Å². The Kier molecular flexibility index (Phi) is 14.7. The minimum atomic E-state index is 0.481. The van der Waals surface area contributed by atoms with Crippen molar-refractivity contribution in [1.82, 2.24) is 5.32 Å². The quantitative estimate of drug-likeness (QED) is 0.653. The van der Waals surface area contributed by atoms with Crippen LogP contribution >= 0.6 is 0 Å². The molecule has 0 heterocycles. The van der Waals surface area contributed by atoms with E-state index in [4.69, 9.17) is 4.74 Å². The molecular weight excluding hydrogens is 126 g/mol. The van der Waals surface area contributed by atoms with Gasteiger partial charge in [0.05, 0.1) is 6.61 Å². The van der Waals surface area contributed by atoms with Gasteiger partial charge in [-0.25, -0.2) is 0 Å². The SMILES string of the molecule is CC.CCOCC(C)NC. The number of nitrogens with one attached hydrogen (secondary N) is 1. The van der Waals surface area contributed by atoms with E-state index in [1.807, 2.05) is 27.8 Å². The molecule has 2 nitrogen and oxygen atoms in total. The lowest BCUT2D eigenvalue weighted by molar-refractivity contribution is 0.129. The second-order valence-corrected chi connectivity index (χ2v) is 1.85. The molecule has 1 unspecified atom stereocenters. The largest absolute Gasteiger partial charge is 0.380 e. The molecule has 0 aromatic carbocycles. The van der Waals surface area contributed by atoms with E-state index in [0.717, 1.165) is 13.2 Å². The molecule has 0 aromatic heterocycles. The Morgan fingerprint density at radius 2 is 1.90 bits per heavy atom. The molecule has 0 bridgehead atoms. The molecule has 1 atom stereocenters. The summed E-state index contributed by atoms with van der Waals surface area (Å²) in [5.74, 6) is 0. The van der Waals surface area contributed by atoms with Gasteiger partial charge in [0.1, 0.15) is 0 Å². The van der Waals surface area contributed by atoms with Gasteiger partial charge in [0, 0.05) is 12.6 Å². The summed E-state index contributed by atoms with van der Waals surface area (Å²) in [4.78, 5) is 0. The highest BCUT2D eigenvalue weighted by Crippen LogP contribution is 1.80. The second-order valence-electron chi connectivity index (χ2n) is 1.85. The topological polar surface area (TPSA) is 21.3 Å². The molecule has 64 valence electrons. The van der Waals surface area contributed by atoms with E-state index in [1.54, 1.807) is 0 Å². The molecular formula is C8H21NO. The molecule has 0 saturated heterocycles. The summed E-state index contributed by atoms with van der Waals surface area (Å²) in [6.45, 7) is 9.72. The third-order valence-corrected chi connectivity index (χ3v) is 1.06. The predicted octanol–water partition coefficient (Wildman–Crippen LogP) is 1.66. The summed E-state index contributed by atoms with van der Waals surface area (Å²) in [5, 5.41) is 3.07. The molecule has 0 amide bonds. The van der Waals surface area contributed by atoms with Crippen molar-refractivity contribution >= 4 is 0 Å². The molecule has 0 spiro atoms. The number of hydrogen-bond donors (Lipinski definition) is 1. The fourth-order valence-electron chi connectivity index (χ4n) is 0.378. The van der Waals surface area contributed by atoms with Crippen molar-refractivity contribution in [3.63, 3.8) is 0 Å². The van der Waals surface area contributed by atoms with Crippen LogP contribution in [0.5, 0.6) is 0 Å². The molecule has 0 saturated carbocycles. The highest BCUT2D eigenvalue weighted by Gasteiger charge is 1.93. The monoisotopic (exact) mass is 147 g/mol. The van der Waals surface area contributed by atoms with Crippen LogP contribution in [0.4, 0.5) is 0 Å². The lowest BCUT2D eigenvalue weighted by Crippen LogP contribution is -2.26. The summed E-state index contributed by atoms with van der Waals surface area (Å²) in [6, 6.07) is 0.481. The maximum absolute atomic E-state index is 5.12. The van der Waals surface area contributed by atoms with Crippen molar-refractivity contribution in [2.24, 2.45) is 0 Å². The Hall–Kier alpha value is -0.0800. The number of hydrogen-bond acceptors (Lipinski definition) is 2. The van der Waals surface area contributed by atoms with Crippen molar-refractivity contribution in [2.45, 2.75) is 33.7 Å². The summed E-state index contributed by atoms with van der Waals surface area (Å²) in [6.07, 6.45) is 0. The smallest absolute Gasteiger partial charge is 0.0616 e. The van der Waals surface area contributed by atoms with Crippen LogP contribution in [0.1, 0.15) is 27.7 Å². The number of ether oxygens (including phenoxy) is 1. The van der Waals surface area contributed by atoms with Gasteiger partial charge in [-0.3, -0.25) is 0 Å². The van der Waals surface area contributed by atoms with Crippen LogP contribution in [0.25, 0.3) is 0 Å². The zero-order valence-corrected chi connectivity index (χ0v) is 7.90. The van der Waals surface area contributed by atoms with Gasteiger partial charge >= 0.3 is 0 Å². The summed E-state index contributed by atoms with van der Waals surface area (Å²) in [5.41, 5.74) is 0. The summed E-state index contributed by atoms with van der Waals surface area (Å²) < 4.78 is 5.12. The zero-order valence-electron chi connectivity index (χ0n) is 7.90. The van der Waals surface area contributed by atoms with Crippen LogP contribution in [-0.4, -0.2) is 26.3 Å². The first-order chi connectivity index (χ1) is 4.81. The molecule has 10 heavy (non-hydrogen) atoms. The fourth-order valence-corrected chi connectivity index (χ4v) is 0.378. The van der Waals surface area contributed by atoms with Crippen LogP contribution in [0, 0.1) is 0 Å². The van der Waals surface area contributed by atoms with Gasteiger partial charge in [0.25, 0.3) is 0 Å². The van der Waals surface area contributed by atoms with E-state index in [-0.39, 0.29) is 0 Å². The molecule has 0 aliphatic carbocycles. The standard InChI is InChI=1S/C6H15NO.C2H6/c1-4-8-5-6(2)7-3;1-2/h6-7H,4-5H2,1-3H3;1-2H3. The van der Waals surface area contributed by atoms with Crippen LogP contribution < -0.4 is 5.32 Å². The van der Waals surface area contributed by atoms with Crippen molar-refractivity contribution in [2.75, 3.05) is 20.3 Å². The van der Waals surface area contributed by atoms with Crippen LogP contribution in [0.3, 0.4) is 0 Å². The first-order valence-corrected chi connectivity index (χ1v) is 4.06. The van der Waals surface area contributed by atoms with E-state index < -0.39 is 0 Å². The molecule has 0 radical (unpaired) electrons. The Bertz CT molecular complexity index is 48.5. The molecule has 0 aliphatic rings. The molecule has 0 aliphatic heterocycles. The molecule has 1 N–H and O–H groups in total. The zero-order chi connectivity index (χ0) is 8.41. The van der Waals surface area contributed by atoms with Crippen molar-refractivity contribution in [1.29, 1.82) is 0 Å². The van der Waals surface area contributed by atoms with Crippen LogP contribution in [-0.2, 0) is 4.74 Å². The van der Waals surface area contributed by atoms with E-state index in [2.05, 4.69) is 12.2 Å². The van der Waals surface area contributed by atoms with Gasteiger partial charge < -0.3 is 10.1 Å². The Labute approximate surface area is 65.0 Å². The van der Waals surface area contributed by atoms with E-state index in [9.17, 15) is 0 Å². The lowest BCUT2D eigenvalue weighted by Gasteiger charge is -2.07. The van der Waals surface area contributed by atoms with Gasteiger partial charge in [-0.15, -0.1) is 0 Å². The maximum Gasteiger partial charge on any atom is 0.0616 e. The molecule has 2 heteroatoms. The van der Waals surface area contributed by atoms with Crippen LogP contribution in [0.15, 0.2) is 0 Å². The highest BCUT2D eigenvalue weighted by molar-refractivity contribution is 4.52. The normalized spacial score (nSPS) is 11.7. The Morgan fingerprint density at radius 1 is 1.40 bits per heavy atom. The second kappa shape index (κ2) is 11.7. The van der Waals surface area contributed by atoms with Crippen molar-refractivity contribution in [3.8, 4) is 0 Å². The van der Waals surface area contributed by atoms with E-state index in [0.29, 0.717) is 6.04 Å². The van der Waals surface area contributed by atoms with Crippen molar-refractivity contribution in [3.05, 3.63) is 0 Å². The van der Waals surface area contributed by atoms with Gasteiger partial charge in [0.15, 0.2) is 0 Å². The van der Waals surface area contributed by atoms with Gasteiger partial charge in [-0.1, -0.05) is 13.8 Å². The first-order valence-electron chi connectivity index (χ1n) is 4.06. The minimum Gasteiger partial charge on any atom is -0.380 e. The average molecular weight is 147 g/mol. The van der Waals surface area contributed by atoms with Gasteiger partial charge in [0.2, 0.25) is 0 Å². The highest BCUT2D eigenvalue weighted by atomic mass is 16.5. The summed E-state index contributed by atoms with van der Waals surface area (Å²) >= 11 is 0. The lowest BCUT2D eigenvalue weighted by atomic mass is 10.4. The Morgan fingerprint density at radius 3 is 2.20 bits per heavy atom. The third kappa shape index (κ3) is 10.8. The number of rotatable bonds is 4. The average Bonchev–Trinajstić information content (AvgIpc) is 2.04. The fraction of sp³-hybridized carbons (Fsp3) is 1.00. The van der Waals surface area contributed by atoms with Gasteiger partial charge in [-0.05, 0) is 20.9 Å². The minimum absolute atomic E-state index is 0.481. The first kappa shape index (κ1) is 12.6. The van der Waals surface area contributed by atoms with E-state index in [1.165, 1.54) is 0 Å². The van der Waals surface area contributed by atoms with Crippen LogP contribution in [0.2, 0.25) is 0 Å². The third-order valence-electron chi connectivity index (χ3n) is 1.06. The molecule has 0 fully saturated rings. The summed E-state index contributed by atoms with van der Waals surface area (Å²) in [7, 11) is 1.93. The molecule has 0 aromatic rings. The molecule has 0 rings (SSSR count). The number of likely N-dealkylation sites (N-methyl/N-ethyl adjacent to an activating group) is 1. The maximum atomic E-state index is 5.12. The van der Waals surface area contributed by atoms with Crippen molar-refractivity contribution < 1.29 is 4.74 Å². The van der Waals surface area contributed by atoms with Gasteiger partial charge in [-0.2, -0.15) is 0 Å². The Balaban J connectivity index is 0.